The number of aromatic amines is 2. The standard InChI is InChI=1S/C11H13N5O/c17-10(8-5-2-6-12-8)14-11-13-9(15-16-11)7-3-1-4-7/h2,5-7,12H,1,3-4H2,(H2,13,14,15,16,17). The van der Waals surface area contributed by atoms with Gasteiger partial charge < -0.3 is 4.98 Å². The quantitative estimate of drug-likeness (QED) is 0.750. The first-order valence-electron chi connectivity index (χ1n) is 5.70. The minimum absolute atomic E-state index is 0.228. The van der Waals surface area contributed by atoms with Crippen LogP contribution in [0, 0.1) is 0 Å². The maximum atomic E-state index is 11.7. The Morgan fingerprint density at radius 2 is 2.35 bits per heavy atom. The van der Waals surface area contributed by atoms with E-state index in [1.807, 2.05) is 0 Å². The molecule has 0 unspecified atom stereocenters. The maximum Gasteiger partial charge on any atom is 0.274 e. The van der Waals surface area contributed by atoms with E-state index in [1.165, 1.54) is 6.42 Å². The Kier molecular flexibility index (Phi) is 2.40. The van der Waals surface area contributed by atoms with Crippen molar-refractivity contribution in [2.75, 3.05) is 5.32 Å². The van der Waals surface area contributed by atoms with Gasteiger partial charge in [-0.1, -0.05) is 6.42 Å². The first kappa shape index (κ1) is 10.1. The zero-order valence-corrected chi connectivity index (χ0v) is 9.23. The molecule has 3 rings (SSSR count). The molecule has 1 aliphatic carbocycles. The first-order chi connectivity index (χ1) is 8.33. The Hall–Kier alpha value is -2.11. The molecule has 6 heteroatoms. The van der Waals surface area contributed by atoms with E-state index in [2.05, 4.69) is 25.5 Å². The molecule has 6 nitrogen and oxygen atoms in total. The summed E-state index contributed by atoms with van der Waals surface area (Å²) in [6.07, 6.45) is 5.25. The molecule has 0 saturated heterocycles. The van der Waals surface area contributed by atoms with Crippen molar-refractivity contribution in [3.8, 4) is 0 Å². The van der Waals surface area contributed by atoms with E-state index in [-0.39, 0.29) is 5.91 Å². The number of hydrogen-bond acceptors (Lipinski definition) is 3. The van der Waals surface area contributed by atoms with Crippen LogP contribution in [-0.4, -0.2) is 26.1 Å². The Morgan fingerprint density at radius 1 is 1.47 bits per heavy atom. The highest BCUT2D eigenvalue weighted by Crippen LogP contribution is 2.34. The molecule has 0 atom stereocenters. The van der Waals surface area contributed by atoms with E-state index in [1.54, 1.807) is 18.3 Å². The van der Waals surface area contributed by atoms with E-state index in [4.69, 9.17) is 0 Å². The molecule has 17 heavy (non-hydrogen) atoms. The van der Waals surface area contributed by atoms with Gasteiger partial charge in [-0.2, -0.15) is 4.98 Å². The predicted molar refractivity (Wildman–Crippen MR) is 61.7 cm³/mol. The van der Waals surface area contributed by atoms with Gasteiger partial charge in [0.25, 0.3) is 5.91 Å². The fraction of sp³-hybridized carbons (Fsp3) is 0.364. The highest BCUT2D eigenvalue weighted by atomic mass is 16.2. The zero-order chi connectivity index (χ0) is 11.7. The third-order valence-electron chi connectivity index (χ3n) is 3.06. The fourth-order valence-corrected chi connectivity index (χ4v) is 1.83. The fourth-order valence-electron chi connectivity index (χ4n) is 1.83. The lowest BCUT2D eigenvalue weighted by molar-refractivity contribution is 0.102. The van der Waals surface area contributed by atoms with Crippen LogP contribution in [-0.2, 0) is 0 Å². The molecule has 1 aliphatic rings. The van der Waals surface area contributed by atoms with Crippen molar-refractivity contribution in [1.29, 1.82) is 0 Å². The van der Waals surface area contributed by atoms with E-state index < -0.39 is 0 Å². The van der Waals surface area contributed by atoms with Gasteiger partial charge in [-0.05, 0) is 25.0 Å². The van der Waals surface area contributed by atoms with E-state index in [0.29, 0.717) is 17.6 Å². The molecular weight excluding hydrogens is 218 g/mol. The van der Waals surface area contributed by atoms with Crippen molar-refractivity contribution in [3.05, 3.63) is 29.8 Å². The number of nitrogens with one attached hydrogen (secondary N) is 3. The smallest absolute Gasteiger partial charge is 0.274 e. The number of nitrogens with zero attached hydrogens (tertiary/aromatic N) is 2. The third kappa shape index (κ3) is 1.93. The Labute approximate surface area is 97.8 Å². The van der Waals surface area contributed by atoms with Crippen molar-refractivity contribution < 1.29 is 4.79 Å². The molecule has 2 aromatic heterocycles. The summed E-state index contributed by atoms with van der Waals surface area (Å²) in [5.41, 5.74) is 0.500. The predicted octanol–water partition coefficient (Wildman–Crippen LogP) is 1.65. The summed E-state index contributed by atoms with van der Waals surface area (Å²) in [5.74, 6) is 1.47. The normalized spacial score (nSPS) is 15.5. The summed E-state index contributed by atoms with van der Waals surface area (Å²) < 4.78 is 0. The molecule has 88 valence electrons. The maximum absolute atomic E-state index is 11.7. The summed E-state index contributed by atoms with van der Waals surface area (Å²) in [6, 6.07) is 3.47. The Bertz CT molecular complexity index is 512. The largest absolute Gasteiger partial charge is 0.357 e. The topological polar surface area (TPSA) is 86.5 Å². The summed E-state index contributed by atoms with van der Waals surface area (Å²) in [4.78, 5) is 18.8. The molecule has 1 saturated carbocycles. The van der Waals surface area contributed by atoms with Gasteiger partial charge in [0.15, 0.2) is 0 Å². The number of anilines is 1. The van der Waals surface area contributed by atoms with E-state index in [9.17, 15) is 4.79 Å². The van der Waals surface area contributed by atoms with Crippen molar-refractivity contribution in [2.24, 2.45) is 0 Å². The molecular formula is C11H13N5O. The summed E-state index contributed by atoms with van der Waals surface area (Å²) in [6.45, 7) is 0. The number of carbonyl (C=O) groups is 1. The number of H-pyrrole nitrogens is 2. The molecule has 3 N–H and O–H groups in total. The summed E-state index contributed by atoms with van der Waals surface area (Å²) in [5, 5.41) is 9.50. The van der Waals surface area contributed by atoms with Crippen molar-refractivity contribution in [2.45, 2.75) is 25.2 Å². The lowest BCUT2D eigenvalue weighted by Crippen LogP contribution is -2.14. The second-order valence-electron chi connectivity index (χ2n) is 4.21. The molecule has 1 amide bonds. The Morgan fingerprint density at radius 3 is 3.00 bits per heavy atom. The van der Waals surface area contributed by atoms with Gasteiger partial charge in [0.1, 0.15) is 11.5 Å². The molecule has 1 fully saturated rings. The molecule has 0 spiro atoms. The molecule has 0 aromatic carbocycles. The monoisotopic (exact) mass is 231 g/mol. The van der Waals surface area contributed by atoms with Crippen LogP contribution in [0.1, 0.15) is 41.5 Å². The van der Waals surface area contributed by atoms with Crippen LogP contribution in [0.4, 0.5) is 5.95 Å². The van der Waals surface area contributed by atoms with Crippen LogP contribution in [0.5, 0.6) is 0 Å². The summed E-state index contributed by atoms with van der Waals surface area (Å²) >= 11 is 0. The summed E-state index contributed by atoms with van der Waals surface area (Å²) in [7, 11) is 0. The van der Waals surface area contributed by atoms with Crippen molar-refractivity contribution in [3.63, 3.8) is 0 Å². The number of carbonyl (C=O) groups excluding carboxylic acids is 1. The number of rotatable bonds is 3. The average molecular weight is 231 g/mol. The van der Waals surface area contributed by atoms with Crippen LogP contribution < -0.4 is 5.32 Å². The van der Waals surface area contributed by atoms with Gasteiger partial charge in [-0.25, -0.2) is 0 Å². The van der Waals surface area contributed by atoms with Gasteiger partial charge in [0.2, 0.25) is 5.95 Å². The number of aromatic nitrogens is 4. The van der Waals surface area contributed by atoms with Crippen LogP contribution in [0.3, 0.4) is 0 Å². The highest BCUT2D eigenvalue weighted by Gasteiger charge is 2.23. The van der Waals surface area contributed by atoms with Crippen LogP contribution in [0.25, 0.3) is 0 Å². The first-order valence-corrected chi connectivity index (χ1v) is 5.70. The van der Waals surface area contributed by atoms with Gasteiger partial charge in [0, 0.05) is 12.1 Å². The van der Waals surface area contributed by atoms with Crippen LogP contribution >= 0.6 is 0 Å². The molecule has 0 aliphatic heterocycles. The van der Waals surface area contributed by atoms with Gasteiger partial charge in [-0.3, -0.25) is 15.2 Å². The Balaban J connectivity index is 1.68. The van der Waals surface area contributed by atoms with E-state index >= 15 is 0 Å². The third-order valence-corrected chi connectivity index (χ3v) is 3.06. The second kappa shape index (κ2) is 4.04. The van der Waals surface area contributed by atoms with E-state index in [0.717, 1.165) is 18.7 Å². The zero-order valence-electron chi connectivity index (χ0n) is 9.23. The van der Waals surface area contributed by atoms with Gasteiger partial charge in [0.05, 0.1) is 0 Å². The molecule has 0 bridgehead atoms. The number of amides is 1. The lowest BCUT2D eigenvalue weighted by atomic mass is 9.85. The van der Waals surface area contributed by atoms with Gasteiger partial charge in [-0.15, -0.1) is 5.10 Å². The average Bonchev–Trinajstić information content (AvgIpc) is 2.85. The SMILES string of the molecule is O=C(Nc1n[nH]c(C2CCC2)n1)c1ccc[nH]1. The molecule has 2 aromatic rings. The molecule has 2 heterocycles. The molecule has 0 radical (unpaired) electrons. The van der Waals surface area contributed by atoms with Crippen LogP contribution in [0.2, 0.25) is 0 Å². The minimum Gasteiger partial charge on any atom is -0.357 e. The van der Waals surface area contributed by atoms with Crippen LogP contribution in [0.15, 0.2) is 18.3 Å². The van der Waals surface area contributed by atoms with Gasteiger partial charge >= 0.3 is 0 Å². The second-order valence-corrected chi connectivity index (χ2v) is 4.21. The minimum atomic E-state index is -0.228. The highest BCUT2D eigenvalue weighted by molar-refractivity contribution is 6.01. The number of hydrogen-bond donors (Lipinski definition) is 3. The van der Waals surface area contributed by atoms with Crippen molar-refractivity contribution in [1.82, 2.24) is 20.2 Å². The van der Waals surface area contributed by atoms with Crippen molar-refractivity contribution >= 4 is 11.9 Å². The lowest BCUT2D eigenvalue weighted by Gasteiger charge is -2.22.